The van der Waals surface area contributed by atoms with Gasteiger partial charge < -0.3 is 19.8 Å². The van der Waals surface area contributed by atoms with Crippen LogP contribution in [0.1, 0.15) is 31.4 Å². The van der Waals surface area contributed by atoms with Gasteiger partial charge in [0.1, 0.15) is 5.82 Å². The Hall–Kier alpha value is -3.02. The minimum absolute atomic E-state index is 0.0151. The summed E-state index contributed by atoms with van der Waals surface area (Å²) in [4.78, 5) is 15.5. The molecular weight excluding hydrogens is 371 g/mol. The molecule has 2 aromatic carbocycles. The molecule has 0 aliphatic heterocycles. The summed E-state index contributed by atoms with van der Waals surface area (Å²) in [5.74, 6) is 1.04. The quantitative estimate of drug-likeness (QED) is 0.593. The number of methoxy groups -OCH3 is 2. The van der Waals surface area contributed by atoms with Crippen molar-refractivity contribution < 1.29 is 18.7 Å². The number of aryl methyl sites for hydroxylation is 1. The Bertz CT molecular complexity index is 1010. The molecule has 6 heteroatoms. The molecule has 2 N–H and O–H groups in total. The van der Waals surface area contributed by atoms with E-state index in [0.29, 0.717) is 30.9 Å². The molecule has 0 unspecified atom stereocenters. The molecule has 5 nitrogen and oxygen atoms in total. The second-order valence-electron chi connectivity index (χ2n) is 7.74. The molecule has 29 heavy (non-hydrogen) atoms. The maximum Gasteiger partial charge on any atom is 0.220 e. The highest BCUT2D eigenvalue weighted by atomic mass is 19.1. The molecular formula is C23H27FN2O3. The van der Waals surface area contributed by atoms with Gasteiger partial charge in [-0.15, -0.1) is 0 Å². The highest BCUT2D eigenvalue weighted by Crippen LogP contribution is 2.30. The minimum Gasteiger partial charge on any atom is -0.493 e. The van der Waals surface area contributed by atoms with Crippen molar-refractivity contribution in [3.05, 3.63) is 59.5 Å². The summed E-state index contributed by atoms with van der Waals surface area (Å²) in [6, 6.07) is 10.4. The molecule has 3 aromatic rings. The normalized spacial score (nSPS) is 11.5. The molecule has 0 radical (unpaired) electrons. The van der Waals surface area contributed by atoms with Gasteiger partial charge in [-0.25, -0.2) is 4.39 Å². The van der Waals surface area contributed by atoms with E-state index < -0.39 is 0 Å². The first-order valence-corrected chi connectivity index (χ1v) is 9.59. The number of ether oxygens (including phenoxy) is 2. The Morgan fingerprint density at radius 1 is 1.10 bits per heavy atom. The van der Waals surface area contributed by atoms with Gasteiger partial charge in [-0.05, 0) is 47.9 Å². The number of hydrogen-bond acceptors (Lipinski definition) is 3. The van der Waals surface area contributed by atoms with Gasteiger partial charge in [-0.2, -0.15) is 0 Å². The molecule has 0 spiro atoms. The number of carbonyl (C=O) groups excluding carboxylic acids is 1. The molecule has 0 saturated carbocycles. The standard InChI is InChI=1S/C23H27FN2O3/c1-23(2,18-13-25-19-12-16(24)7-8-17(18)19)14-26-22(27)10-6-15-5-9-20(28-3)21(11-15)29-4/h5,7-9,11-13,25H,6,10,14H2,1-4H3,(H,26,27). The zero-order chi connectivity index (χ0) is 21.0. The van der Waals surface area contributed by atoms with Crippen LogP contribution in [0, 0.1) is 5.82 Å². The molecule has 154 valence electrons. The molecule has 0 bridgehead atoms. The Morgan fingerprint density at radius 2 is 1.86 bits per heavy atom. The van der Waals surface area contributed by atoms with Gasteiger partial charge in [0.15, 0.2) is 11.5 Å². The number of halogens is 1. The van der Waals surface area contributed by atoms with E-state index in [2.05, 4.69) is 24.1 Å². The molecule has 3 rings (SSSR count). The summed E-state index contributed by atoms with van der Waals surface area (Å²) in [6.07, 6.45) is 2.88. The average molecular weight is 398 g/mol. The topological polar surface area (TPSA) is 63.3 Å². The summed E-state index contributed by atoms with van der Waals surface area (Å²) in [5, 5.41) is 3.99. The van der Waals surface area contributed by atoms with E-state index in [1.54, 1.807) is 20.3 Å². The van der Waals surface area contributed by atoms with Crippen LogP contribution in [0.4, 0.5) is 4.39 Å². The van der Waals surface area contributed by atoms with Gasteiger partial charge in [0, 0.05) is 35.5 Å². The van der Waals surface area contributed by atoms with Crippen molar-refractivity contribution in [2.24, 2.45) is 0 Å². The third kappa shape index (κ3) is 4.70. The van der Waals surface area contributed by atoms with Crippen molar-refractivity contribution in [1.29, 1.82) is 0 Å². The van der Waals surface area contributed by atoms with Crippen LogP contribution >= 0.6 is 0 Å². The number of hydrogen-bond donors (Lipinski definition) is 2. The predicted octanol–water partition coefficient (Wildman–Crippen LogP) is 4.35. The van der Waals surface area contributed by atoms with E-state index >= 15 is 0 Å². The lowest BCUT2D eigenvalue weighted by molar-refractivity contribution is -0.121. The van der Waals surface area contributed by atoms with Crippen molar-refractivity contribution in [3.63, 3.8) is 0 Å². The summed E-state index contributed by atoms with van der Waals surface area (Å²) in [7, 11) is 3.19. The Kier molecular flexibility index (Phi) is 6.11. The number of aromatic nitrogens is 1. The molecule has 1 aromatic heterocycles. The number of amides is 1. The second-order valence-corrected chi connectivity index (χ2v) is 7.74. The van der Waals surface area contributed by atoms with Crippen molar-refractivity contribution in [3.8, 4) is 11.5 Å². The fourth-order valence-electron chi connectivity index (χ4n) is 3.46. The number of H-pyrrole nitrogens is 1. The van der Waals surface area contributed by atoms with E-state index in [4.69, 9.17) is 9.47 Å². The molecule has 0 aliphatic carbocycles. The van der Waals surface area contributed by atoms with Gasteiger partial charge in [0.05, 0.1) is 14.2 Å². The Morgan fingerprint density at radius 3 is 2.59 bits per heavy atom. The Labute approximate surface area is 170 Å². The van der Waals surface area contributed by atoms with Gasteiger partial charge in [-0.1, -0.05) is 19.9 Å². The molecule has 0 atom stereocenters. The van der Waals surface area contributed by atoms with Crippen LogP contribution in [-0.2, 0) is 16.6 Å². The maximum atomic E-state index is 13.4. The molecule has 0 aliphatic rings. The lowest BCUT2D eigenvalue weighted by Gasteiger charge is -2.25. The second kappa shape index (κ2) is 8.55. The summed E-state index contributed by atoms with van der Waals surface area (Å²) in [5.41, 5.74) is 2.52. The first-order valence-electron chi connectivity index (χ1n) is 9.59. The lowest BCUT2D eigenvalue weighted by Crippen LogP contribution is -2.36. The molecule has 1 amide bonds. The number of benzene rings is 2. The van der Waals surface area contributed by atoms with Crippen LogP contribution in [-0.4, -0.2) is 31.7 Å². The van der Waals surface area contributed by atoms with E-state index in [-0.39, 0.29) is 17.1 Å². The average Bonchev–Trinajstić information content (AvgIpc) is 3.14. The Balaban J connectivity index is 1.59. The zero-order valence-corrected chi connectivity index (χ0v) is 17.3. The van der Waals surface area contributed by atoms with Crippen LogP contribution in [0.3, 0.4) is 0 Å². The predicted molar refractivity (Wildman–Crippen MR) is 112 cm³/mol. The fourth-order valence-corrected chi connectivity index (χ4v) is 3.46. The number of rotatable bonds is 8. The van der Waals surface area contributed by atoms with Crippen molar-refractivity contribution in [2.45, 2.75) is 32.1 Å². The minimum atomic E-state index is -0.297. The summed E-state index contributed by atoms with van der Waals surface area (Å²) < 4.78 is 24.0. The van der Waals surface area contributed by atoms with E-state index in [1.165, 1.54) is 12.1 Å². The van der Waals surface area contributed by atoms with E-state index in [0.717, 1.165) is 22.0 Å². The van der Waals surface area contributed by atoms with Crippen LogP contribution in [0.5, 0.6) is 11.5 Å². The summed E-state index contributed by atoms with van der Waals surface area (Å²) >= 11 is 0. The van der Waals surface area contributed by atoms with Gasteiger partial charge >= 0.3 is 0 Å². The molecule has 1 heterocycles. The highest BCUT2D eigenvalue weighted by Gasteiger charge is 2.24. The van der Waals surface area contributed by atoms with Gasteiger partial charge in [0.2, 0.25) is 5.91 Å². The van der Waals surface area contributed by atoms with Crippen molar-refractivity contribution >= 4 is 16.8 Å². The first kappa shape index (κ1) is 20.7. The third-order valence-electron chi connectivity index (χ3n) is 5.19. The highest BCUT2D eigenvalue weighted by molar-refractivity contribution is 5.84. The van der Waals surface area contributed by atoms with Gasteiger partial charge in [0.25, 0.3) is 0 Å². The van der Waals surface area contributed by atoms with E-state index in [1.807, 2.05) is 24.4 Å². The van der Waals surface area contributed by atoms with E-state index in [9.17, 15) is 9.18 Å². The molecule has 0 fully saturated rings. The van der Waals surface area contributed by atoms with Crippen LogP contribution in [0.2, 0.25) is 0 Å². The lowest BCUT2D eigenvalue weighted by atomic mass is 9.84. The fraction of sp³-hybridized carbons (Fsp3) is 0.348. The van der Waals surface area contributed by atoms with Crippen LogP contribution in [0.25, 0.3) is 10.9 Å². The van der Waals surface area contributed by atoms with Crippen LogP contribution in [0.15, 0.2) is 42.6 Å². The zero-order valence-electron chi connectivity index (χ0n) is 17.3. The largest absolute Gasteiger partial charge is 0.493 e. The monoisotopic (exact) mass is 398 g/mol. The summed E-state index contributed by atoms with van der Waals surface area (Å²) in [6.45, 7) is 4.61. The number of nitrogens with one attached hydrogen (secondary N) is 2. The number of fused-ring (bicyclic) bond motifs is 1. The SMILES string of the molecule is COc1ccc(CCC(=O)NCC(C)(C)c2c[nH]c3cc(F)ccc23)cc1OC. The number of aromatic amines is 1. The van der Waals surface area contributed by atoms with Gasteiger partial charge in [-0.3, -0.25) is 4.79 Å². The smallest absolute Gasteiger partial charge is 0.220 e. The van der Waals surface area contributed by atoms with Crippen molar-refractivity contribution in [1.82, 2.24) is 10.3 Å². The van der Waals surface area contributed by atoms with Crippen molar-refractivity contribution in [2.75, 3.05) is 20.8 Å². The number of carbonyl (C=O) groups is 1. The third-order valence-corrected chi connectivity index (χ3v) is 5.19. The maximum absolute atomic E-state index is 13.4. The molecule has 0 saturated heterocycles. The first-order chi connectivity index (χ1) is 13.8. The van der Waals surface area contributed by atoms with Crippen LogP contribution < -0.4 is 14.8 Å².